The van der Waals surface area contributed by atoms with Crippen molar-refractivity contribution in [3.63, 3.8) is 0 Å². The van der Waals surface area contributed by atoms with Gasteiger partial charge in [-0.25, -0.2) is 0 Å². The molecule has 0 amide bonds. The van der Waals surface area contributed by atoms with Gasteiger partial charge in [-0.2, -0.15) is 0 Å². The van der Waals surface area contributed by atoms with Crippen LogP contribution in [0.1, 0.15) is 11.6 Å². The molecule has 1 heterocycles. The van der Waals surface area contributed by atoms with Crippen LogP contribution in [-0.2, 0) is 0 Å². The van der Waals surface area contributed by atoms with Crippen molar-refractivity contribution in [2.75, 3.05) is 33.7 Å². The maximum atomic E-state index is 5.89. The largest absolute Gasteiger partial charge is 0.303 e. The molecule has 1 unspecified atom stereocenters. The Bertz CT molecular complexity index is 323. The second-order valence-electron chi connectivity index (χ2n) is 4.31. The smallest absolute Gasteiger partial charge is 0.0472 e. The second kappa shape index (κ2) is 4.52. The van der Waals surface area contributed by atoms with E-state index >= 15 is 0 Å². The summed E-state index contributed by atoms with van der Waals surface area (Å²) in [5, 5.41) is 0.811. The fourth-order valence-electron chi connectivity index (χ4n) is 2.05. The van der Waals surface area contributed by atoms with E-state index in [0.29, 0.717) is 6.04 Å². The molecule has 1 aliphatic rings. The molecular formula is C12H17ClN2. The van der Waals surface area contributed by atoms with Gasteiger partial charge in [-0.15, -0.1) is 0 Å². The number of piperazine rings is 1. The Labute approximate surface area is 96.4 Å². The summed E-state index contributed by atoms with van der Waals surface area (Å²) in [4.78, 5) is 4.78. The third-order valence-electron chi connectivity index (χ3n) is 3.11. The minimum absolute atomic E-state index is 0.501. The van der Waals surface area contributed by atoms with Gasteiger partial charge < -0.3 is 4.90 Å². The van der Waals surface area contributed by atoms with E-state index in [4.69, 9.17) is 11.6 Å². The molecule has 0 bridgehead atoms. The van der Waals surface area contributed by atoms with Crippen LogP contribution in [0.5, 0.6) is 0 Å². The van der Waals surface area contributed by atoms with Crippen LogP contribution < -0.4 is 0 Å². The number of hydrogen-bond donors (Lipinski definition) is 0. The minimum atomic E-state index is 0.501. The van der Waals surface area contributed by atoms with Gasteiger partial charge in [0.1, 0.15) is 0 Å². The molecule has 3 heteroatoms. The van der Waals surface area contributed by atoms with Crippen LogP contribution >= 0.6 is 11.6 Å². The highest BCUT2D eigenvalue weighted by Crippen LogP contribution is 2.24. The predicted molar refractivity (Wildman–Crippen MR) is 64.3 cm³/mol. The average molecular weight is 225 g/mol. The lowest BCUT2D eigenvalue weighted by Crippen LogP contribution is -2.44. The van der Waals surface area contributed by atoms with E-state index in [1.807, 2.05) is 12.1 Å². The molecule has 1 fully saturated rings. The van der Waals surface area contributed by atoms with E-state index in [1.165, 1.54) is 5.56 Å². The molecular weight excluding hydrogens is 208 g/mol. The molecule has 0 radical (unpaired) electrons. The van der Waals surface area contributed by atoms with Crippen molar-refractivity contribution in [2.45, 2.75) is 6.04 Å². The third-order valence-corrected chi connectivity index (χ3v) is 3.36. The van der Waals surface area contributed by atoms with Gasteiger partial charge in [0, 0.05) is 30.7 Å². The minimum Gasteiger partial charge on any atom is -0.303 e. The molecule has 2 rings (SSSR count). The maximum Gasteiger partial charge on any atom is 0.0472 e. The second-order valence-corrected chi connectivity index (χ2v) is 4.75. The molecule has 0 saturated carbocycles. The van der Waals surface area contributed by atoms with Crippen LogP contribution in [0.2, 0.25) is 5.02 Å². The Kier molecular flexibility index (Phi) is 3.29. The van der Waals surface area contributed by atoms with Gasteiger partial charge in [0.25, 0.3) is 0 Å². The molecule has 1 aliphatic heterocycles. The summed E-state index contributed by atoms with van der Waals surface area (Å²) in [5.74, 6) is 0. The Morgan fingerprint density at radius 3 is 2.47 bits per heavy atom. The van der Waals surface area contributed by atoms with Gasteiger partial charge in [-0.05, 0) is 31.8 Å². The molecule has 82 valence electrons. The quantitative estimate of drug-likeness (QED) is 0.722. The monoisotopic (exact) mass is 224 g/mol. The Balaban J connectivity index is 2.17. The molecule has 0 spiro atoms. The molecule has 1 atom stereocenters. The molecule has 2 nitrogen and oxygen atoms in total. The molecule has 1 saturated heterocycles. The highest BCUT2D eigenvalue weighted by atomic mass is 35.5. The summed E-state index contributed by atoms with van der Waals surface area (Å²) in [7, 11) is 4.36. The van der Waals surface area contributed by atoms with Crippen LogP contribution in [0.25, 0.3) is 0 Å². The topological polar surface area (TPSA) is 6.48 Å². The van der Waals surface area contributed by atoms with Gasteiger partial charge in [-0.1, -0.05) is 23.7 Å². The van der Waals surface area contributed by atoms with E-state index < -0.39 is 0 Å². The number of nitrogens with zero attached hydrogens (tertiary/aromatic N) is 2. The lowest BCUT2D eigenvalue weighted by atomic mass is 10.0. The summed E-state index contributed by atoms with van der Waals surface area (Å²) in [5.41, 5.74) is 1.36. The van der Waals surface area contributed by atoms with Crippen molar-refractivity contribution in [2.24, 2.45) is 0 Å². The van der Waals surface area contributed by atoms with Gasteiger partial charge in [0.15, 0.2) is 0 Å². The molecule has 1 aromatic rings. The summed E-state index contributed by atoms with van der Waals surface area (Å²) < 4.78 is 0. The van der Waals surface area contributed by atoms with E-state index in [-0.39, 0.29) is 0 Å². The van der Waals surface area contributed by atoms with Crippen molar-refractivity contribution in [3.05, 3.63) is 34.9 Å². The lowest BCUT2D eigenvalue weighted by molar-refractivity contribution is 0.115. The van der Waals surface area contributed by atoms with Gasteiger partial charge in [0.2, 0.25) is 0 Å². The molecule has 0 aromatic heterocycles. The van der Waals surface area contributed by atoms with Crippen molar-refractivity contribution >= 4 is 11.6 Å². The third kappa shape index (κ3) is 2.51. The van der Waals surface area contributed by atoms with Crippen LogP contribution in [0.3, 0.4) is 0 Å². The summed E-state index contributed by atoms with van der Waals surface area (Å²) >= 11 is 5.89. The Morgan fingerprint density at radius 1 is 1.13 bits per heavy atom. The number of halogens is 1. The summed E-state index contributed by atoms with van der Waals surface area (Å²) in [6.45, 7) is 3.38. The zero-order valence-corrected chi connectivity index (χ0v) is 10.0. The van der Waals surface area contributed by atoms with E-state index in [2.05, 4.69) is 36.0 Å². The van der Waals surface area contributed by atoms with Gasteiger partial charge in [0.05, 0.1) is 0 Å². The SMILES string of the molecule is CN1CCN(C)C(c2ccc(Cl)cc2)C1. The first-order chi connectivity index (χ1) is 7.16. The standard InChI is InChI=1S/C12H17ClN2/c1-14-7-8-15(2)12(9-14)10-3-5-11(13)6-4-10/h3-6,12H,7-9H2,1-2H3. The highest BCUT2D eigenvalue weighted by Gasteiger charge is 2.23. The number of rotatable bonds is 1. The number of benzene rings is 1. The Morgan fingerprint density at radius 2 is 1.80 bits per heavy atom. The molecule has 0 aliphatic carbocycles. The fourth-order valence-corrected chi connectivity index (χ4v) is 2.18. The normalized spacial score (nSPS) is 24.3. The van der Waals surface area contributed by atoms with E-state index in [0.717, 1.165) is 24.7 Å². The van der Waals surface area contributed by atoms with Gasteiger partial charge >= 0.3 is 0 Å². The van der Waals surface area contributed by atoms with Crippen molar-refractivity contribution in [3.8, 4) is 0 Å². The first-order valence-corrected chi connectivity index (χ1v) is 5.69. The fraction of sp³-hybridized carbons (Fsp3) is 0.500. The zero-order chi connectivity index (χ0) is 10.8. The molecule has 0 N–H and O–H groups in total. The summed E-state index contributed by atoms with van der Waals surface area (Å²) in [6.07, 6.45) is 0. The highest BCUT2D eigenvalue weighted by molar-refractivity contribution is 6.30. The molecule has 15 heavy (non-hydrogen) atoms. The van der Waals surface area contributed by atoms with Gasteiger partial charge in [-0.3, -0.25) is 4.90 Å². The van der Waals surface area contributed by atoms with Crippen molar-refractivity contribution in [1.29, 1.82) is 0 Å². The molecule has 1 aromatic carbocycles. The van der Waals surface area contributed by atoms with E-state index in [1.54, 1.807) is 0 Å². The lowest BCUT2D eigenvalue weighted by Gasteiger charge is -2.38. The number of hydrogen-bond acceptors (Lipinski definition) is 2. The Hall–Kier alpha value is -0.570. The zero-order valence-electron chi connectivity index (χ0n) is 9.28. The predicted octanol–water partition coefficient (Wildman–Crippen LogP) is 2.26. The van der Waals surface area contributed by atoms with Crippen molar-refractivity contribution < 1.29 is 0 Å². The first-order valence-electron chi connectivity index (χ1n) is 5.31. The van der Waals surface area contributed by atoms with Crippen LogP contribution in [0.15, 0.2) is 24.3 Å². The maximum absolute atomic E-state index is 5.89. The van der Waals surface area contributed by atoms with Crippen LogP contribution in [0.4, 0.5) is 0 Å². The van der Waals surface area contributed by atoms with Crippen LogP contribution in [-0.4, -0.2) is 43.5 Å². The van der Waals surface area contributed by atoms with E-state index in [9.17, 15) is 0 Å². The van der Waals surface area contributed by atoms with Crippen LogP contribution in [0, 0.1) is 0 Å². The van der Waals surface area contributed by atoms with Crippen molar-refractivity contribution in [1.82, 2.24) is 9.80 Å². The summed E-state index contributed by atoms with van der Waals surface area (Å²) in [6, 6.07) is 8.70. The first kappa shape index (κ1) is 10.9. The average Bonchev–Trinajstić information content (AvgIpc) is 2.23. The number of likely N-dealkylation sites (N-methyl/N-ethyl adjacent to an activating group) is 2.